The van der Waals surface area contributed by atoms with Crippen molar-refractivity contribution >= 4 is 53.7 Å². The highest BCUT2D eigenvalue weighted by Crippen LogP contribution is 2.36. The maximum absolute atomic E-state index is 13.1. The maximum atomic E-state index is 13.1. The minimum absolute atomic E-state index is 0.0200. The lowest BCUT2D eigenvalue weighted by molar-refractivity contribution is -0.139. The second kappa shape index (κ2) is 9.90. The Kier molecular flexibility index (Phi) is 7.75. The lowest BCUT2D eigenvalue weighted by Gasteiger charge is -2.44. The van der Waals surface area contributed by atoms with Crippen LogP contribution in [-0.2, 0) is 11.3 Å². The lowest BCUT2D eigenvalue weighted by atomic mass is 10.1. The summed E-state index contributed by atoms with van der Waals surface area (Å²) >= 11 is 10.4. The minimum Gasteiger partial charge on any atom is -0.481 e. The van der Waals surface area contributed by atoms with Gasteiger partial charge in [0.1, 0.15) is 11.6 Å². The molecule has 0 saturated carbocycles. The van der Waals surface area contributed by atoms with Crippen molar-refractivity contribution in [3.63, 3.8) is 0 Å². The van der Waals surface area contributed by atoms with Crippen LogP contribution in [0.2, 0.25) is 0 Å². The number of nitrogens with zero attached hydrogens (tertiary/aromatic N) is 2. The van der Waals surface area contributed by atoms with Gasteiger partial charge in [-0.3, -0.25) is 9.69 Å². The molecule has 1 saturated heterocycles. The number of carbonyl (C=O) groups excluding carboxylic acids is 1. The lowest BCUT2D eigenvalue weighted by Crippen LogP contribution is -2.58. The quantitative estimate of drug-likeness (QED) is 0.452. The molecule has 29 heavy (non-hydrogen) atoms. The van der Waals surface area contributed by atoms with Gasteiger partial charge < -0.3 is 9.64 Å². The largest absolute Gasteiger partial charge is 0.481 e. The number of halogens is 4. The van der Waals surface area contributed by atoms with Crippen LogP contribution >= 0.6 is 47.8 Å². The van der Waals surface area contributed by atoms with Gasteiger partial charge in [0.2, 0.25) is 0 Å². The topological polar surface area (TPSA) is 32.8 Å². The molecule has 1 fully saturated rings. The Bertz CT molecular complexity index is 856. The summed E-state index contributed by atoms with van der Waals surface area (Å²) in [4.78, 5) is 17.0. The van der Waals surface area contributed by atoms with Crippen LogP contribution in [0.3, 0.4) is 0 Å². The summed E-state index contributed by atoms with van der Waals surface area (Å²) in [5, 5.41) is 0. The van der Waals surface area contributed by atoms with Gasteiger partial charge in [0.05, 0.1) is 8.95 Å². The number of hydrogen-bond acceptors (Lipinski definition) is 3. The van der Waals surface area contributed by atoms with E-state index in [1.54, 1.807) is 0 Å². The van der Waals surface area contributed by atoms with Crippen molar-refractivity contribution in [3.8, 4) is 5.75 Å². The number of benzene rings is 2. The van der Waals surface area contributed by atoms with E-state index in [1.165, 1.54) is 12.1 Å². The van der Waals surface area contributed by atoms with Crippen molar-refractivity contribution in [2.24, 2.45) is 0 Å². The molecule has 2 atom stereocenters. The summed E-state index contributed by atoms with van der Waals surface area (Å²) in [6, 6.07) is 10.6. The average molecular weight is 593 g/mol. The van der Waals surface area contributed by atoms with Crippen molar-refractivity contribution in [3.05, 3.63) is 61.2 Å². The Morgan fingerprint density at radius 2 is 1.69 bits per heavy atom. The van der Waals surface area contributed by atoms with Crippen LogP contribution in [0.4, 0.5) is 4.39 Å². The molecule has 0 spiro atoms. The van der Waals surface area contributed by atoms with Crippen molar-refractivity contribution in [2.45, 2.75) is 32.5 Å². The summed E-state index contributed by atoms with van der Waals surface area (Å²) in [5.41, 5.74) is 1.07. The Morgan fingerprint density at radius 3 is 2.31 bits per heavy atom. The molecule has 0 aliphatic carbocycles. The Balaban J connectivity index is 1.59. The number of rotatable bonds is 5. The highest BCUT2D eigenvalue weighted by atomic mass is 79.9. The van der Waals surface area contributed by atoms with E-state index in [-0.39, 0.29) is 30.4 Å². The predicted octanol–water partition coefficient (Wildman–Crippen LogP) is 5.61. The second-order valence-electron chi connectivity index (χ2n) is 7.29. The molecule has 1 heterocycles. The van der Waals surface area contributed by atoms with Gasteiger partial charge in [-0.15, -0.1) is 0 Å². The third-order valence-corrected chi connectivity index (χ3v) is 6.67. The zero-order valence-electron chi connectivity index (χ0n) is 16.2. The molecule has 3 rings (SSSR count). The van der Waals surface area contributed by atoms with Gasteiger partial charge in [-0.25, -0.2) is 4.39 Å². The molecule has 156 valence electrons. The zero-order valence-corrected chi connectivity index (χ0v) is 20.9. The van der Waals surface area contributed by atoms with Crippen LogP contribution in [0.15, 0.2) is 49.8 Å². The Hall–Kier alpha value is -0.960. The molecule has 1 aliphatic heterocycles. The fourth-order valence-corrected chi connectivity index (χ4v) is 5.96. The summed E-state index contributed by atoms with van der Waals surface area (Å²) in [6.45, 7) is 6.27. The fourth-order valence-electron chi connectivity index (χ4n) is 3.47. The number of piperazine rings is 1. The number of ether oxygens (including phenoxy) is 1. The molecule has 0 aromatic heterocycles. The Morgan fingerprint density at radius 1 is 1.07 bits per heavy atom. The van der Waals surface area contributed by atoms with Crippen LogP contribution in [0.5, 0.6) is 5.75 Å². The van der Waals surface area contributed by atoms with Crippen LogP contribution in [-0.4, -0.2) is 47.5 Å². The summed E-state index contributed by atoms with van der Waals surface area (Å²) in [7, 11) is 0. The van der Waals surface area contributed by atoms with E-state index in [1.807, 2.05) is 36.1 Å². The van der Waals surface area contributed by atoms with Crippen molar-refractivity contribution in [1.29, 1.82) is 0 Å². The van der Waals surface area contributed by atoms with Gasteiger partial charge in [0.25, 0.3) is 5.91 Å². The molecular formula is C21H22Br3FN2O2. The van der Waals surface area contributed by atoms with Crippen LogP contribution in [0, 0.1) is 5.82 Å². The zero-order chi connectivity index (χ0) is 21.1. The van der Waals surface area contributed by atoms with E-state index in [2.05, 4.69) is 59.6 Å². The molecule has 2 aromatic carbocycles. The van der Waals surface area contributed by atoms with Gasteiger partial charge in [-0.05, 0) is 75.5 Å². The first-order valence-corrected chi connectivity index (χ1v) is 11.7. The van der Waals surface area contributed by atoms with E-state index in [9.17, 15) is 9.18 Å². The highest BCUT2D eigenvalue weighted by molar-refractivity contribution is 9.11. The second-order valence-corrected chi connectivity index (χ2v) is 9.91. The van der Waals surface area contributed by atoms with Crippen molar-refractivity contribution in [1.82, 2.24) is 9.80 Å². The monoisotopic (exact) mass is 590 g/mol. The average Bonchev–Trinajstić information content (AvgIpc) is 2.65. The van der Waals surface area contributed by atoms with E-state index >= 15 is 0 Å². The van der Waals surface area contributed by atoms with E-state index < -0.39 is 0 Å². The first-order valence-electron chi connectivity index (χ1n) is 9.30. The van der Waals surface area contributed by atoms with Gasteiger partial charge in [-0.2, -0.15) is 0 Å². The smallest absolute Gasteiger partial charge is 0.260 e. The molecule has 1 aliphatic rings. The Labute approximate surface area is 195 Å². The summed E-state index contributed by atoms with van der Waals surface area (Å²) in [5.74, 6) is 0.347. The first kappa shape index (κ1) is 22.7. The van der Waals surface area contributed by atoms with Crippen LogP contribution in [0.1, 0.15) is 19.4 Å². The van der Waals surface area contributed by atoms with Gasteiger partial charge in [-0.1, -0.05) is 28.1 Å². The molecule has 4 nitrogen and oxygen atoms in total. The molecule has 0 bridgehead atoms. The number of hydrogen-bond donors (Lipinski definition) is 0. The van der Waals surface area contributed by atoms with E-state index in [4.69, 9.17) is 4.74 Å². The fraction of sp³-hybridized carbons (Fsp3) is 0.381. The van der Waals surface area contributed by atoms with Crippen LogP contribution in [0.25, 0.3) is 0 Å². The number of carbonyl (C=O) groups is 1. The maximum Gasteiger partial charge on any atom is 0.260 e. The predicted molar refractivity (Wildman–Crippen MR) is 122 cm³/mol. The third-order valence-electron chi connectivity index (χ3n) is 5.04. The third kappa shape index (κ3) is 5.81. The number of amides is 1. The first-order chi connectivity index (χ1) is 13.7. The van der Waals surface area contributed by atoms with E-state index in [0.29, 0.717) is 12.3 Å². The molecule has 2 unspecified atom stereocenters. The minimum atomic E-state index is -0.227. The standard InChI is InChI=1S/C21H22Br3FN2O2/c1-13-10-27(14(2)9-26(13)11-15-3-5-17(25)6-4-15)20(28)12-29-21-18(23)7-16(22)8-19(21)24/h3-8,13-14H,9-12H2,1-2H3. The van der Waals surface area contributed by atoms with Gasteiger partial charge >= 0.3 is 0 Å². The molecule has 0 N–H and O–H groups in total. The van der Waals surface area contributed by atoms with Crippen LogP contribution < -0.4 is 4.74 Å². The molecule has 2 aromatic rings. The normalized spacial score (nSPS) is 20.0. The molecule has 8 heteroatoms. The van der Waals surface area contributed by atoms with Gasteiger partial charge in [0.15, 0.2) is 6.61 Å². The van der Waals surface area contributed by atoms with Crippen molar-refractivity contribution < 1.29 is 13.9 Å². The molecule has 1 amide bonds. The van der Waals surface area contributed by atoms with Gasteiger partial charge in [0, 0.05) is 36.2 Å². The summed E-state index contributed by atoms with van der Waals surface area (Å²) in [6.07, 6.45) is 0. The van der Waals surface area contributed by atoms with E-state index in [0.717, 1.165) is 32.1 Å². The summed E-state index contributed by atoms with van der Waals surface area (Å²) < 4.78 is 21.4. The molecule has 0 radical (unpaired) electrons. The van der Waals surface area contributed by atoms with Crippen molar-refractivity contribution in [2.75, 3.05) is 19.7 Å². The molecular weight excluding hydrogens is 571 g/mol. The highest BCUT2D eigenvalue weighted by Gasteiger charge is 2.32. The SMILES string of the molecule is CC1CN(C(=O)COc2c(Br)cc(Br)cc2Br)C(C)CN1Cc1ccc(F)cc1.